The van der Waals surface area contributed by atoms with Crippen LogP contribution in [0.4, 0.5) is 4.39 Å². The fourth-order valence-corrected chi connectivity index (χ4v) is 2.36. The summed E-state index contributed by atoms with van der Waals surface area (Å²) < 4.78 is 18.3. The normalized spacial score (nSPS) is 16.3. The molecule has 0 bridgehead atoms. The van der Waals surface area contributed by atoms with E-state index in [0.29, 0.717) is 12.1 Å². The van der Waals surface area contributed by atoms with Crippen LogP contribution in [-0.2, 0) is 4.74 Å². The van der Waals surface area contributed by atoms with Gasteiger partial charge in [0.05, 0.1) is 0 Å². The number of rotatable bonds is 5. The van der Waals surface area contributed by atoms with Crippen molar-refractivity contribution >= 4 is 5.91 Å². The van der Waals surface area contributed by atoms with Gasteiger partial charge in [0, 0.05) is 25.3 Å². The second kappa shape index (κ2) is 7.24. The Morgan fingerprint density at radius 2 is 2.16 bits per heavy atom. The first-order valence-electron chi connectivity index (χ1n) is 6.87. The van der Waals surface area contributed by atoms with Crippen LogP contribution in [0.3, 0.4) is 0 Å². The molecule has 1 N–H and O–H groups in total. The largest absolute Gasteiger partial charge is 0.381 e. The summed E-state index contributed by atoms with van der Waals surface area (Å²) in [5.41, 5.74) is 0.381. The van der Waals surface area contributed by atoms with Crippen LogP contribution in [0.1, 0.15) is 36.0 Å². The van der Waals surface area contributed by atoms with Gasteiger partial charge in [-0.2, -0.15) is 0 Å². The van der Waals surface area contributed by atoms with Crippen molar-refractivity contribution in [2.24, 2.45) is 5.92 Å². The topological polar surface area (TPSA) is 38.3 Å². The molecule has 1 fully saturated rings. The number of halogens is 1. The Kier molecular flexibility index (Phi) is 5.33. The molecule has 1 amide bonds. The van der Waals surface area contributed by atoms with Crippen molar-refractivity contribution in [2.45, 2.75) is 25.7 Å². The number of carbonyl (C=O) groups is 1. The Hall–Kier alpha value is -1.42. The van der Waals surface area contributed by atoms with Gasteiger partial charge < -0.3 is 10.1 Å². The maximum absolute atomic E-state index is 13.0. The molecule has 0 aromatic heterocycles. The fourth-order valence-electron chi connectivity index (χ4n) is 2.36. The lowest BCUT2D eigenvalue weighted by Crippen LogP contribution is -2.25. The van der Waals surface area contributed by atoms with Crippen LogP contribution < -0.4 is 5.32 Å². The molecule has 1 heterocycles. The molecule has 1 saturated heterocycles. The van der Waals surface area contributed by atoms with Crippen molar-refractivity contribution in [3.63, 3.8) is 0 Å². The zero-order valence-electron chi connectivity index (χ0n) is 11.0. The number of amides is 1. The maximum Gasteiger partial charge on any atom is 0.251 e. The lowest BCUT2D eigenvalue weighted by atomic mass is 9.95. The summed E-state index contributed by atoms with van der Waals surface area (Å²) in [7, 11) is 0. The summed E-state index contributed by atoms with van der Waals surface area (Å²) >= 11 is 0. The Morgan fingerprint density at radius 3 is 2.89 bits per heavy atom. The van der Waals surface area contributed by atoms with Gasteiger partial charge in [-0.1, -0.05) is 6.07 Å². The summed E-state index contributed by atoms with van der Waals surface area (Å²) in [5.74, 6) is 0.140. The molecule has 1 aromatic carbocycles. The first-order chi connectivity index (χ1) is 9.25. The maximum atomic E-state index is 13.0. The predicted octanol–water partition coefficient (Wildman–Crippen LogP) is 2.76. The van der Waals surface area contributed by atoms with Crippen LogP contribution in [0.25, 0.3) is 0 Å². The van der Waals surface area contributed by atoms with Gasteiger partial charge in [-0.05, 0) is 49.8 Å². The Labute approximate surface area is 113 Å². The first-order valence-corrected chi connectivity index (χ1v) is 6.87. The molecule has 3 nitrogen and oxygen atoms in total. The van der Waals surface area contributed by atoms with E-state index >= 15 is 0 Å². The van der Waals surface area contributed by atoms with Gasteiger partial charge in [0.25, 0.3) is 5.91 Å². The van der Waals surface area contributed by atoms with Crippen LogP contribution >= 0.6 is 0 Å². The molecule has 0 atom stereocenters. The summed E-state index contributed by atoms with van der Waals surface area (Å²) in [6, 6.07) is 5.76. The van der Waals surface area contributed by atoms with E-state index in [1.165, 1.54) is 12.1 Å². The van der Waals surface area contributed by atoms with Crippen molar-refractivity contribution in [3.05, 3.63) is 35.6 Å². The van der Waals surface area contributed by atoms with Crippen molar-refractivity contribution < 1.29 is 13.9 Å². The number of hydrogen-bond acceptors (Lipinski definition) is 2. The average Bonchev–Trinajstić information content (AvgIpc) is 2.44. The van der Waals surface area contributed by atoms with E-state index in [-0.39, 0.29) is 11.7 Å². The van der Waals surface area contributed by atoms with Crippen LogP contribution in [0.5, 0.6) is 0 Å². The molecule has 0 radical (unpaired) electrons. The van der Waals surface area contributed by atoms with E-state index in [1.54, 1.807) is 12.1 Å². The van der Waals surface area contributed by atoms with Crippen LogP contribution in [0, 0.1) is 11.7 Å². The van der Waals surface area contributed by atoms with Gasteiger partial charge in [-0.15, -0.1) is 0 Å². The quantitative estimate of drug-likeness (QED) is 0.831. The number of benzene rings is 1. The van der Waals surface area contributed by atoms with E-state index in [0.717, 1.165) is 44.8 Å². The van der Waals surface area contributed by atoms with E-state index < -0.39 is 0 Å². The second-order valence-corrected chi connectivity index (χ2v) is 4.96. The highest BCUT2D eigenvalue weighted by Gasteiger charge is 2.13. The smallest absolute Gasteiger partial charge is 0.251 e. The Bertz CT molecular complexity index is 416. The third kappa shape index (κ3) is 4.63. The molecule has 1 aliphatic rings. The predicted molar refractivity (Wildman–Crippen MR) is 71.5 cm³/mol. The molecule has 1 aromatic rings. The lowest BCUT2D eigenvalue weighted by Gasteiger charge is -2.21. The van der Waals surface area contributed by atoms with Crippen molar-refractivity contribution in [1.82, 2.24) is 5.32 Å². The minimum atomic E-state index is -0.380. The highest BCUT2D eigenvalue weighted by atomic mass is 19.1. The summed E-state index contributed by atoms with van der Waals surface area (Å²) in [4.78, 5) is 11.8. The number of ether oxygens (including phenoxy) is 1. The number of nitrogens with one attached hydrogen (secondary N) is 1. The zero-order valence-corrected chi connectivity index (χ0v) is 11.0. The highest BCUT2D eigenvalue weighted by Crippen LogP contribution is 2.19. The zero-order chi connectivity index (χ0) is 13.5. The van der Waals surface area contributed by atoms with Crippen molar-refractivity contribution in [1.29, 1.82) is 0 Å². The first kappa shape index (κ1) is 14.0. The molecule has 104 valence electrons. The van der Waals surface area contributed by atoms with Crippen LogP contribution in [0.15, 0.2) is 24.3 Å². The summed E-state index contributed by atoms with van der Waals surface area (Å²) in [6.07, 6.45) is 4.33. The van der Waals surface area contributed by atoms with E-state index in [1.807, 2.05) is 0 Å². The highest BCUT2D eigenvalue weighted by molar-refractivity contribution is 5.94. The van der Waals surface area contributed by atoms with Gasteiger partial charge in [0.2, 0.25) is 0 Å². The molecule has 0 saturated carbocycles. The molecular weight excluding hydrogens is 245 g/mol. The monoisotopic (exact) mass is 265 g/mol. The molecule has 0 spiro atoms. The molecular formula is C15H20FNO2. The molecule has 2 rings (SSSR count). The van der Waals surface area contributed by atoms with Gasteiger partial charge >= 0.3 is 0 Å². The Balaban J connectivity index is 1.66. The van der Waals surface area contributed by atoms with Gasteiger partial charge in [-0.3, -0.25) is 4.79 Å². The fraction of sp³-hybridized carbons (Fsp3) is 0.533. The van der Waals surface area contributed by atoms with E-state index in [4.69, 9.17) is 4.74 Å². The minimum Gasteiger partial charge on any atom is -0.381 e. The van der Waals surface area contributed by atoms with Gasteiger partial charge in [-0.25, -0.2) is 4.39 Å². The van der Waals surface area contributed by atoms with E-state index in [2.05, 4.69) is 5.32 Å². The summed E-state index contributed by atoms with van der Waals surface area (Å²) in [5, 5.41) is 2.83. The number of hydrogen-bond donors (Lipinski definition) is 1. The third-order valence-corrected chi connectivity index (χ3v) is 3.50. The van der Waals surface area contributed by atoms with Crippen molar-refractivity contribution in [3.8, 4) is 0 Å². The standard InChI is InChI=1S/C15H20FNO2/c16-14-5-1-4-13(11-14)15(18)17-8-2-3-12-6-9-19-10-7-12/h1,4-5,11-12H,2-3,6-10H2,(H,17,18). The van der Waals surface area contributed by atoms with Gasteiger partial charge in [0.1, 0.15) is 5.82 Å². The Morgan fingerprint density at radius 1 is 1.37 bits per heavy atom. The molecule has 0 unspecified atom stereocenters. The SMILES string of the molecule is O=C(NCCCC1CCOCC1)c1cccc(F)c1. The molecule has 0 aliphatic carbocycles. The molecule has 1 aliphatic heterocycles. The third-order valence-electron chi connectivity index (χ3n) is 3.50. The molecule has 19 heavy (non-hydrogen) atoms. The van der Waals surface area contributed by atoms with Gasteiger partial charge in [0.15, 0.2) is 0 Å². The lowest BCUT2D eigenvalue weighted by molar-refractivity contribution is 0.0631. The van der Waals surface area contributed by atoms with Crippen LogP contribution in [-0.4, -0.2) is 25.7 Å². The minimum absolute atomic E-state index is 0.202. The average molecular weight is 265 g/mol. The number of carbonyl (C=O) groups excluding carboxylic acids is 1. The van der Waals surface area contributed by atoms with Crippen molar-refractivity contribution in [2.75, 3.05) is 19.8 Å². The van der Waals surface area contributed by atoms with E-state index in [9.17, 15) is 9.18 Å². The second-order valence-electron chi connectivity index (χ2n) is 4.96. The van der Waals surface area contributed by atoms with Crippen LogP contribution in [0.2, 0.25) is 0 Å². The summed E-state index contributed by atoms with van der Waals surface area (Å²) in [6.45, 7) is 2.37. The molecule has 4 heteroatoms.